The van der Waals surface area contributed by atoms with E-state index in [1.54, 1.807) is 6.07 Å². The molecule has 1 aromatic carbocycles. The lowest BCUT2D eigenvalue weighted by atomic mass is 9.72. The molecular weight excluding hydrogens is 189 g/mol. The molecule has 0 atom stereocenters. The molecule has 2 aliphatic carbocycles. The molecule has 80 valence electrons. The summed E-state index contributed by atoms with van der Waals surface area (Å²) in [4.78, 5) is 0. The normalized spacial score (nSPS) is 23.6. The van der Waals surface area contributed by atoms with Crippen LogP contribution in [-0.4, -0.2) is 0 Å². The van der Waals surface area contributed by atoms with Gasteiger partial charge in [0.25, 0.3) is 0 Å². The van der Waals surface area contributed by atoms with Gasteiger partial charge in [0.1, 0.15) is 5.82 Å². The van der Waals surface area contributed by atoms with Crippen molar-refractivity contribution >= 4 is 0 Å². The van der Waals surface area contributed by atoms with Crippen molar-refractivity contribution in [3.63, 3.8) is 0 Å². The molecule has 1 nitrogen and oxygen atoms in total. The third-order valence-electron chi connectivity index (χ3n) is 3.84. The molecule has 2 heteroatoms. The van der Waals surface area contributed by atoms with E-state index in [0.717, 1.165) is 36.8 Å². The van der Waals surface area contributed by atoms with Crippen LogP contribution in [0.2, 0.25) is 0 Å². The van der Waals surface area contributed by atoms with Gasteiger partial charge in [-0.25, -0.2) is 4.39 Å². The van der Waals surface area contributed by atoms with Crippen molar-refractivity contribution in [2.45, 2.75) is 43.6 Å². The fraction of sp³-hybridized carbons (Fsp3) is 0.538. The Bertz CT molecular complexity index is 392. The van der Waals surface area contributed by atoms with Crippen LogP contribution in [0.1, 0.15) is 49.1 Å². The van der Waals surface area contributed by atoms with Crippen LogP contribution in [-0.2, 0) is 5.54 Å². The van der Waals surface area contributed by atoms with Crippen molar-refractivity contribution in [3.05, 3.63) is 35.1 Å². The molecule has 0 heterocycles. The Labute approximate surface area is 89.5 Å². The maximum absolute atomic E-state index is 13.8. The summed E-state index contributed by atoms with van der Waals surface area (Å²) in [6, 6.07) is 5.62. The Hall–Kier alpha value is -0.890. The highest BCUT2D eigenvalue weighted by Crippen LogP contribution is 2.43. The van der Waals surface area contributed by atoms with Gasteiger partial charge >= 0.3 is 0 Å². The number of hydrogen-bond donors (Lipinski definition) is 1. The molecule has 15 heavy (non-hydrogen) atoms. The molecule has 0 radical (unpaired) electrons. The predicted molar refractivity (Wildman–Crippen MR) is 58.1 cm³/mol. The van der Waals surface area contributed by atoms with Gasteiger partial charge in [0.2, 0.25) is 0 Å². The first-order valence-electron chi connectivity index (χ1n) is 5.78. The lowest BCUT2D eigenvalue weighted by molar-refractivity contribution is 0.252. The van der Waals surface area contributed by atoms with Crippen molar-refractivity contribution in [2.24, 2.45) is 5.73 Å². The SMILES string of the molecule is NC1(c2ccc(C3CC3)c(F)c2)CCC1. The molecule has 0 bridgehead atoms. The van der Waals surface area contributed by atoms with Crippen LogP contribution >= 0.6 is 0 Å². The Kier molecular flexibility index (Phi) is 1.90. The van der Waals surface area contributed by atoms with Crippen LogP contribution < -0.4 is 5.73 Å². The highest BCUT2D eigenvalue weighted by Gasteiger charge is 2.35. The molecule has 1 aromatic rings. The van der Waals surface area contributed by atoms with Crippen LogP contribution in [0, 0.1) is 5.82 Å². The molecule has 2 fully saturated rings. The van der Waals surface area contributed by atoms with E-state index in [0.29, 0.717) is 5.92 Å². The highest BCUT2D eigenvalue weighted by molar-refractivity contribution is 5.34. The smallest absolute Gasteiger partial charge is 0.127 e. The van der Waals surface area contributed by atoms with Gasteiger partial charge in [0.15, 0.2) is 0 Å². The van der Waals surface area contributed by atoms with Gasteiger partial charge in [-0.2, -0.15) is 0 Å². The zero-order valence-corrected chi connectivity index (χ0v) is 8.80. The summed E-state index contributed by atoms with van der Waals surface area (Å²) in [7, 11) is 0. The Morgan fingerprint density at radius 1 is 1.27 bits per heavy atom. The Morgan fingerprint density at radius 3 is 2.47 bits per heavy atom. The van der Waals surface area contributed by atoms with Crippen LogP contribution in [0.15, 0.2) is 18.2 Å². The lowest BCUT2D eigenvalue weighted by Crippen LogP contribution is -2.43. The summed E-state index contributed by atoms with van der Waals surface area (Å²) in [6.07, 6.45) is 5.45. The van der Waals surface area contributed by atoms with Gasteiger partial charge in [-0.15, -0.1) is 0 Å². The monoisotopic (exact) mass is 205 g/mol. The average molecular weight is 205 g/mol. The molecule has 0 aliphatic heterocycles. The summed E-state index contributed by atoms with van der Waals surface area (Å²) in [5, 5.41) is 0. The van der Waals surface area contributed by atoms with Crippen molar-refractivity contribution in [1.82, 2.24) is 0 Å². The van der Waals surface area contributed by atoms with Crippen molar-refractivity contribution < 1.29 is 4.39 Å². The topological polar surface area (TPSA) is 26.0 Å². The van der Waals surface area contributed by atoms with Gasteiger partial charge in [0.05, 0.1) is 0 Å². The molecule has 2 aliphatic rings. The first kappa shape index (κ1) is 9.34. The highest BCUT2D eigenvalue weighted by atomic mass is 19.1. The van der Waals surface area contributed by atoms with E-state index in [1.807, 2.05) is 12.1 Å². The van der Waals surface area contributed by atoms with Crippen LogP contribution in [0.5, 0.6) is 0 Å². The summed E-state index contributed by atoms with van der Waals surface area (Å²) >= 11 is 0. The second kappa shape index (κ2) is 3.05. The third-order valence-corrected chi connectivity index (χ3v) is 3.84. The maximum atomic E-state index is 13.8. The number of benzene rings is 1. The van der Waals surface area contributed by atoms with E-state index in [4.69, 9.17) is 5.73 Å². The zero-order chi connectivity index (χ0) is 10.5. The molecule has 0 saturated heterocycles. The minimum absolute atomic E-state index is 0.0493. The Morgan fingerprint density at radius 2 is 2.00 bits per heavy atom. The van der Waals surface area contributed by atoms with Gasteiger partial charge in [-0.1, -0.05) is 12.1 Å². The summed E-state index contributed by atoms with van der Waals surface area (Å²) < 4.78 is 13.8. The molecule has 0 amide bonds. The van der Waals surface area contributed by atoms with Gasteiger partial charge in [-0.3, -0.25) is 0 Å². The first-order valence-corrected chi connectivity index (χ1v) is 5.78. The van der Waals surface area contributed by atoms with Crippen molar-refractivity contribution in [3.8, 4) is 0 Å². The molecule has 2 N–H and O–H groups in total. The van der Waals surface area contributed by atoms with Gasteiger partial charge < -0.3 is 5.73 Å². The molecule has 0 spiro atoms. The number of halogens is 1. The minimum atomic E-state index is -0.233. The average Bonchev–Trinajstić information content (AvgIpc) is 2.97. The van der Waals surface area contributed by atoms with Gasteiger partial charge in [-0.05, 0) is 55.2 Å². The van der Waals surface area contributed by atoms with E-state index >= 15 is 0 Å². The molecule has 2 saturated carbocycles. The van der Waals surface area contributed by atoms with E-state index in [2.05, 4.69) is 0 Å². The second-order valence-electron chi connectivity index (χ2n) is 5.02. The van der Waals surface area contributed by atoms with E-state index in [1.165, 1.54) is 6.42 Å². The lowest BCUT2D eigenvalue weighted by Gasteiger charge is -2.38. The molecule has 0 aromatic heterocycles. The van der Waals surface area contributed by atoms with E-state index in [9.17, 15) is 4.39 Å². The van der Waals surface area contributed by atoms with E-state index < -0.39 is 0 Å². The predicted octanol–water partition coefficient (Wildman–Crippen LogP) is 3.04. The molecule has 0 unspecified atom stereocenters. The van der Waals surface area contributed by atoms with Crippen molar-refractivity contribution in [1.29, 1.82) is 0 Å². The summed E-state index contributed by atoms with van der Waals surface area (Å²) in [5.41, 5.74) is 7.81. The Balaban J connectivity index is 1.94. The first-order chi connectivity index (χ1) is 7.19. The number of hydrogen-bond acceptors (Lipinski definition) is 1. The quantitative estimate of drug-likeness (QED) is 0.789. The molecular formula is C13H16FN. The van der Waals surface area contributed by atoms with Gasteiger partial charge in [0, 0.05) is 5.54 Å². The zero-order valence-electron chi connectivity index (χ0n) is 8.80. The van der Waals surface area contributed by atoms with Crippen LogP contribution in [0.4, 0.5) is 4.39 Å². The fourth-order valence-electron chi connectivity index (χ4n) is 2.41. The summed E-state index contributed by atoms with van der Waals surface area (Å²) in [5.74, 6) is 0.431. The largest absolute Gasteiger partial charge is 0.321 e. The van der Waals surface area contributed by atoms with E-state index in [-0.39, 0.29) is 11.4 Å². The fourth-order valence-corrected chi connectivity index (χ4v) is 2.41. The van der Waals surface area contributed by atoms with Crippen molar-refractivity contribution in [2.75, 3.05) is 0 Å². The minimum Gasteiger partial charge on any atom is -0.321 e. The van der Waals surface area contributed by atoms with Crippen LogP contribution in [0.3, 0.4) is 0 Å². The number of nitrogens with two attached hydrogens (primary N) is 1. The third kappa shape index (κ3) is 1.48. The second-order valence-corrected chi connectivity index (χ2v) is 5.02. The van der Waals surface area contributed by atoms with Crippen LogP contribution in [0.25, 0.3) is 0 Å². The summed E-state index contributed by atoms with van der Waals surface area (Å²) in [6.45, 7) is 0. The maximum Gasteiger partial charge on any atom is 0.127 e. The molecule has 3 rings (SSSR count). The number of rotatable bonds is 2. The standard InChI is InChI=1S/C13H16FN/c14-12-8-10(13(15)6-1-7-13)4-5-11(12)9-2-3-9/h4-5,8-9H,1-3,6-7,15H2.